The number of amides is 3. The molecule has 7 nitrogen and oxygen atoms in total. The van der Waals surface area contributed by atoms with Crippen LogP contribution in [0, 0.1) is 5.41 Å². The van der Waals surface area contributed by atoms with E-state index in [4.69, 9.17) is 0 Å². The fourth-order valence-corrected chi connectivity index (χ4v) is 4.14. The third-order valence-corrected chi connectivity index (χ3v) is 5.94. The van der Waals surface area contributed by atoms with Gasteiger partial charge in [-0.1, -0.05) is 12.8 Å². The number of aromatic nitrogens is 2. The molecule has 2 saturated carbocycles. The summed E-state index contributed by atoms with van der Waals surface area (Å²) in [6.07, 6.45) is 10.6. The van der Waals surface area contributed by atoms with E-state index in [1.165, 1.54) is 12.8 Å². The Balaban J connectivity index is 1.25. The highest BCUT2D eigenvalue weighted by molar-refractivity contribution is 5.85. The van der Waals surface area contributed by atoms with Crippen LogP contribution >= 0.6 is 0 Å². The maximum Gasteiger partial charge on any atom is 0.317 e. The molecule has 1 aliphatic heterocycles. The first-order valence-electron chi connectivity index (χ1n) is 9.45. The molecule has 0 aromatic carbocycles. The van der Waals surface area contributed by atoms with Gasteiger partial charge in [-0.15, -0.1) is 0 Å². The largest absolute Gasteiger partial charge is 0.337 e. The lowest BCUT2D eigenvalue weighted by atomic mass is 10.1. The van der Waals surface area contributed by atoms with Crippen molar-refractivity contribution in [1.82, 2.24) is 24.9 Å². The Hall–Kier alpha value is -2.05. The summed E-state index contributed by atoms with van der Waals surface area (Å²) >= 11 is 0. The Morgan fingerprint density at radius 3 is 2.72 bits per heavy atom. The maximum atomic E-state index is 12.5. The molecule has 25 heavy (non-hydrogen) atoms. The molecule has 0 unspecified atom stereocenters. The van der Waals surface area contributed by atoms with Gasteiger partial charge in [0.25, 0.3) is 0 Å². The molecule has 1 saturated heterocycles. The maximum absolute atomic E-state index is 12.5. The van der Waals surface area contributed by atoms with Crippen molar-refractivity contribution in [2.45, 2.75) is 51.1 Å². The van der Waals surface area contributed by atoms with Crippen molar-refractivity contribution in [2.24, 2.45) is 5.41 Å². The monoisotopic (exact) mass is 345 g/mol. The van der Waals surface area contributed by atoms with Crippen molar-refractivity contribution in [3.05, 3.63) is 18.5 Å². The van der Waals surface area contributed by atoms with Crippen LogP contribution in [0.2, 0.25) is 0 Å². The van der Waals surface area contributed by atoms with Crippen LogP contribution in [0.4, 0.5) is 4.79 Å². The molecule has 3 amide bonds. The van der Waals surface area contributed by atoms with E-state index in [2.05, 4.69) is 10.4 Å². The SMILES string of the molecule is O=C(NCC1(Cn2cccn2)CC1)N1CCN(C2CCCC2)C(=O)C1. The molecule has 4 rings (SSSR count). The van der Waals surface area contributed by atoms with Gasteiger partial charge in [-0.25, -0.2) is 4.79 Å². The molecule has 2 heterocycles. The second-order valence-electron chi connectivity index (χ2n) is 7.81. The summed E-state index contributed by atoms with van der Waals surface area (Å²) in [6.45, 7) is 3.03. The minimum atomic E-state index is -0.105. The number of nitrogens with one attached hydrogen (secondary N) is 1. The molecule has 1 aromatic rings. The van der Waals surface area contributed by atoms with Crippen LogP contribution in [0.25, 0.3) is 0 Å². The number of piperazine rings is 1. The average Bonchev–Trinajstić information content (AvgIpc) is 3.02. The number of hydrogen-bond donors (Lipinski definition) is 1. The van der Waals surface area contributed by atoms with Crippen LogP contribution in [0.1, 0.15) is 38.5 Å². The minimum absolute atomic E-state index is 0.103. The Bertz CT molecular complexity index is 619. The molecule has 0 atom stereocenters. The van der Waals surface area contributed by atoms with E-state index < -0.39 is 0 Å². The molecule has 1 aromatic heterocycles. The van der Waals surface area contributed by atoms with Gasteiger partial charge in [0.05, 0.1) is 0 Å². The predicted molar refractivity (Wildman–Crippen MR) is 92.8 cm³/mol. The number of rotatable bonds is 5. The Morgan fingerprint density at radius 2 is 2.08 bits per heavy atom. The van der Waals surface area contributed by atoms with E-state index in [0.29, 0.717) is 25.7 Å². The highest BCUT2D eigenvalue weighted by atomic mass is 16.2. The van der Waals surface area contributed by atoms with E-state index >= 15 is 0 Å². The standard InChI is InChI=1S/C18H27N5O2/c24-16-12-21(10-11-23(16)15-4-1-2-5-15)17(25)19-13-18(6-7-18)14-22-9-3-8-20-22/h3,8-9,15H,1-2,4-7,10-14H2,(H,19,25). The van der Waals surface area contributed by atoms with Crippen LogP contribution < -0.4 is 5.32 Å². The molecule has 136 valence electrons. The lowest BCUT2D eigenvalue weighted by Crippen LogP contribution is -2.57. The van der Waals surface area contributed by atoms with Crippen molar-refractivity contribution < 1.29 is 9.59 Å². The number of hydrogen-bond acceptors (Lipinski definition) is 3. The Labute approximate surface area is 148 Å². The molecule has 1 N–H and O–H groups in total. The van der Waals surface area contributed by atoms with Gasteiger partial charge in [-0.3, -0.25) is 9.48 Å². The first-order valence-corrected chi connectivity index (χ1v) is 9.45. The zero-order valence-electron chi connectivity index (χ0n) is 14.7. The summed E-state index contributed by atoms with van der Waals surface area (Å²) in [4.78, 5) is 28.5. The Kier molecular flexibility index (Phi) is 4.39. The van der Waals surface area contributed by atoms with E-state index in [-0.39, 0.29) is 23.9 Å². The van der Waals surface area contributed by atoms with Gasteiger partial charge in [0.15, 0.2) is 0 Å². The van der Waals surface area contributed by atoms with Gasteiger partial charge in [0, 0.05) is 50.0 Å². The molecule has 0 spiro atoms. The van der Waals surface area contributed by atoms with Gasteiger partial charge < -0.3 is 15.1 Å². The summed E-state index contributed by atoms with van der Waals surface area (Å²) < 4.78 is 1.93. The lowest BCUT2D eigenvalue weighted by molar-refractivity contribution is -0.137. The van der Waals surface area contributed by atoms with E-state index in [0.717, 1.165) is 32.2 Å². The molecule has 3 fully saturated rings. The topological polar surface area (TPSA) is 70.5 Å². The van der Waals surface area contributed by atoms with E-state index in [1.54, 1.807) is 11.1 Å². The molecule has 2 aliphatic carbocycles. The Morgan fingerprint density at radius 1 is 1.28 bits per heavy atom. The fraction of sp³-hybridized carbons (Fsp3) is 0.722. The zero-order valence-corrected chi connectivity index (χ0v) is 14.7. The zero-order chi connectivity index (χ0) is 17.3. The molecule has 7 heteroatoms. The molecule has 0 radical (unpaired) electrons. The van der Waals surface area contributed by atoms with E-state index in [9.17, 15) is 9.59 Å². The van der Waals surface area contributed by atoms with Crippen molar-refractivity contribution in [2.75, 3.05) is 26.2 Å². The number of carbonyl (C=O) groups excluding carboxylic acids is 2. The van der Waals surface area contributed by atoms with Crippen molar-refractivity contribution in [1.29, 1.82) is 0 Å². The minimum Gasteiger partial charge on any atom is -0.337 e. The van der Waals surface area contributed by atoms with Gasteiger partial charge >= 0.3 is 6.03 Å². The quantitative estimate of drug-likeness (QED) is 0.878. The van der Waals surface area contributed by atoms with Crippen molar-refractivity contribution in [3.8, 4) is 0 Å². The summed E-state index contributed by atoms with van der Waals surface area (Å²) in [6, 6.07) is 2.22. The normalized spacial score (nSPS) is 23.1. The van der Waals surface area contributed by atoms with Crippen molar-refractivity contribution in [3.63, 3.8) is 0 Å². The first kappa shape index (κ1) is 16.4. The number of urea groups is 1. The van der Waals surface area contributed by atoms with Gasteiger partial charge in [0.2, 0.25) is 5.91 Å². The number of nitrogens with zero attached hydrogens (tertiary/aromatic N) is 4. The van der Waals surface area contributed by atoms with Crippen LogP contribution in [0.15, 0.2) is 18.5 Å². The van der Waals surface area contributed by atoms with Gasteiger partial charge in [-0.05, 0) is 31.7 Å². The molecular weight excluding hydrogens is 318 g/mol. The average molecular weight is 345 g/mol. The first-order chi connectivity index (χ1) is 12.2. The highest BCUT2D eigenvalue weighted by Crippen LogP contribution is 2.46. The number of carbonyl (C=O) groups is 2. The lowest BCUT2D eigenvalue weighted by Gasteiger charge is -2.37. The third kappa shape index (κ3) is 3.65. The smallest absolute Gasteiger partial charge is 0.317 e. The summed E-state index contributed by atoms with van der Waals surface area (Å²) in [7, 11) is 0. The van der Waals surface area contributed by atoms with Crippen LogP contribution in [-0.4, -0.2) is 63.7 Å². The van der Waals surface area contributed by atoms with Gasteiger partial charge in [0.1, 0.15) is 6.54 Å². The summed E-state index contributed by atoms with van der Waals surface area (Å²) in [5.74, 6) is 0.103. The van der Waals surface area contributed by atoms with Crippen LogP contribution in [0.3, 0.4) is 0 Å². The van der Waals surface area contributed by atoms with Crippen LogP contribution in [-0.2, 0) is 11.3 Å². The van der Waals surface area contributed by atoms with E-state index in [1.807, 2.05) is 21.8 Å². The van der Waals surface area contributed by atoms with Crippen LogP contribution in [0.5, 0.6) is 0 Å². The highest BCUT2D eigenvalue weighted by Gasteiger charge is 2.43. The molecular formula is C18H27N5O2. The second kappa shape index (κ2) is 6.69. The molecule has 3 aliphatic rings. The summed E-state index contributed by atoms with van der Waals surface area (Å²) in [5, 5.41) is 7.31. The predicted octanol–water partition coefficient (Wildman–Crippen LogP) is 1.46. The summed E-state index contributed by atoms with van der Waals surface area (Å²) in [5.41, 5.74) is 0.136. The molecule has 0 bridgehead atoms. The fourth-order valence-electron chi connectivity index (χ4n) is 4.14. The van der Waals surface area contributed by atoms with Crippen molar-refractivity contribution >= 4 is 11.9 Å². The van der Waals surface area contributed by atoms with Gasteiger partial charge in [-0.2, -0.15) is 5.10 Å². The second-order valence-corrected chi connectivity index (χ2v) is 7.81. The third-order valence-electron chi connectivity index (χ3n) is 5.94.